The van der Waals surface area contributed by atoms with Crippen LogP contribution in [-0.2, 0) is 4.79 Å². The summed E-state index contributed by atoms with van der Waals surface area (Å²) in [7, 11) is 0. The quantitative estimate of drug-likeness (QED) is 0.700. The summed E-state index contributed by atoms with van der Waals surface area (Å²) in [5, 5.41) is 8.80. The lowest BCUT2D eigenvalue weighted by Crippen LogP contribution is -2.38. The normalized spacial score (nSPS) is 24.6. The van der Waals surface area contributed by atoms with Gasteiger partial charge in [0.15, 0.2) is 0 Å². The van der Waals surface area contributed by atoms with Crippen LogP contribution in [0.25, 0.3) is 0 Å². The molecule has 1 saturated heterocycles. The number of aliphatic hydroxyl groups is 1. The third-order valence-electron chi connectivity index (χ3n) is 2.59. The van der Waals surface area contributed by atoms with E-state index in [1.807, 2.05) is 0 Å². The lowest BCUT2D eigenvalue weighted by Gasteiger charge is -2.31. The van der Waals surface area contributed by atoms with Crippen molar-refractivity contribution in [2.75, 3.05) is 26.2 Å². The topological polar surface area (TPSA) is 40.5 Å². The Bertz CT molecular complexity index is 168. The highest BCUT2D eigenvalue weighted by molar-refractivity contribution is 5.77. The molecule has 76 valence electrons. The summed E-state index contributed by atoms with van der Waals surface area (Å²) in [6.45, 7) is 4.53. The number of Topliss-reactive ketones (excluding diaryl/α,β-unsaturated/α-hetero) is 1. The monoisotopic (exact) mass is 185 g/mol. The Kier molecular flexibility index (Phi) is 4.39. The van der Waals surface area contributed by atoms with Crippen LogP contribution < -0.4 is 0 Å². The molecular weight excluding hydrogens is 166 g/mol. The van der Waals surface area contributed by atoms with Gasteiger partial charge >= 0.3 is 0 Å². The van der Waals surface area contributed by atoms with Crippen LogP contribution in [-0.4, -0.2) is 42.0 Å². The van der Waals surface area contributed by atoms with E-state index < -0.39 is 0 Å². The molecule has 0 amide bonds. The highest BCUT2D eigenvalue weighted by Gasteiger charge is 2.19. The van der Waals surface area contributed by atoms with Gasteiger partial charge in [0.05, 0.1) is 6.54 Å². The van der Waals surface area contributed by atoms with Crippen LogP contribution in [0.4, 0.5) is 0 Å². The van der Waals surface area contributed by atoms with Gasteiger partial charge in [-0.15, -0.1) is 0 Å². The van der Waals surface area contributed by atoms with Gasteiger partial charge in [0.25, 0.3) is 0 Å². The maximum atomic E-state index is 10.9. The van der Waals surface area contributed by atoms with E-state index in [4.69, 9.17) is 5.11 Å². The van der Waals surface area contributed by atoms with Gasteiger partial charge in [0.2, 0.25) is 0 Å². The highest BCUT2D eigenvalue weighted by Crippen LogP contribution is 2.18. The molecule has 1 rings (SSSR count). The van der Waals surface area contributed by atoms with Crippen LogP contribution >= 0.6 is 0 Å². The Morgan fingerprint density at radius 2 is 2.38 bits per heavy atom. The molecule has 1 N–H and O–H groups in total. The fraction of sp³-hybridized carbons (Fsp3) is 0.900. The summed E-state index contributed by atoms with van der Waals surface area (Å²) in [4.78, 5) is 13.1. The Labute approximate surface area is 79.7 Å². The SMILES string of the molecule is CC(=O)CN1CCCC(CCO)C1. The number of carbonyl (C=O) groups is 1. The third kappa shape index (κ3) is 3.87. The Morgan fingerprint density at radius 3 is 3.00 bits per heavy atom. The van der Waals surface area contributed by atoms with Crippen molar-refractivity contribution in [3.05, 3.63) is 0 Å². The Morgan fingerprint density at radius 1 is 1.62 bits per heavy atom. The van der Waals surface area contributed by atoms with Crippen LogP contribution in [0.15, 0.2) is 0 Å². The maximum Gasteiger partial charge on any atom is 0.143 e. The molecule has 13 heavy (non-hydrogen) atoms. The standard InChI is InChI=1S/C10H19NO2/c1-9(13)7-11-5-2-3-10(8-11)4-6-12/h10,12H,2-8H2,1H3. The fourth-order valence-electron chi connectivity index (χ4n) is 2.03. The number of rotatable bonds is 4. The molecule has 0 aromatic carbocycles. The van der Waals surface area contributed by atoms with Crippen LogP contribution in [0.1, 0.15) is 26.2 Å². The van der Waals surface area contributed by atoms with Crippen molar-refractivity contribution in [3.63, 3.8) is 0 Å². The highest BCUT2D eigenvalue weighted by atomic mass is 16.3. The number of piperidine rings is 1. The largest absolute Gasteiger partial charge is 0.396 e. The molecule has 0 aromatic rings. The fourth-order valence-corrected chi connectivity index (χ4v) is 2.03. The number of likely N-dealkylation sites (tertiary alicyclic amines) is 1. The minimum Gasteiger partial charge on any atom is -0.396 e. The molecule has 0 spiro atoms. The van der Waals surface area contributed by atoms with E-state index in [1.165, 1.54) is 6.42 Å². The van der Waals surface area contributed by atoms with Crippen molar-refractivity contribution in [2.45, 2.75) is 26.2 Å². The molecule has 0 aliphatic carbocycles. The van der Waals surface area contributed by atoms with E-state index in [0.29, 0.717) is 12.5 Å². The first-order valence-electron chi connectivity index (χ1n) is 5.05. The van der Waals surface area contributed by atoms with E-state index in [1.54, 1.807) is 6.92 Å². The van der Waals surface area contributed by atoms with Crippen LogP contribution in [0.3, 0.4) is 0 Å². The summed E-state index contributed by atoms with van der Waals surface area (Å²) in [6, 6.07) is 0. The summed E-state index contributed by atoms with van der Waals surface area (Å²) in [6.07, 6.45) is 3.25. The molecule has 3 heteroatoms. The van der Waals surface area contributed by atoms with E-state index in [9.17, 15) is 4.79 Å². The van der Waals surface area contributed by atoms with Crippen molar-refractivity contribution >= 4 is 5.78 Å². The van der Waals surface area contributed by atoms with Gasteiger partial charge in [-0.2, -0.15) is 0 Å². The van der Waals surface area contributed by atoms with Crippen molar-refractivity contribution in [2.24, 2.45) is 5.92 Å². The van der Waals surface area contributed by atoms with Crippen molar-refractivity contribution in [3.8, 4) is 0 Å². The summed E-state index contributed by atoms with van der Waals surface area (Å²) in [5.74, 6) is 0.836. The van der Waals surface area contributed by atoms with Gasteiger partial charge in [-0.05, 0) is 38.6 Å². The van der Waals surface area contributed by atoms with Gasteiger partial charge in [-0.3, -0.25) is 9.69 Å². The predicted molar refractivity (Wildman–Crippen MR) is 51.5 cm³/mol. The molecule has 1 aliphatic heterocycles. The molecule has 3 nitrogen and oxygen atoms in total. The first-order valence-corrected chi connectivity index (χ1v) is 5.05. The minimum absolute atomic E-state index is 0.240. The zero-order valence-electron chi connectivity index (χ0n) is 8.33. The van der Waals surface area contributed by atoms with Crippen molar-refractivity contribution < 1.29 is 9.90 Å². The van der Waals surface area contributed by atoms with E-state index in [-0.39, 0.29) is 12.4 Å². The molecule has 0 radical (unpaired) electrons. The van der Waals surface area contributed by atoms with Gasteiger partial charge in [-0.1, -0.05) is 0 Å². The number of nitrogens with zero attached hydrogens (tertiary/aromatic N) is 1. The molecular formula is C10H19NO2. The molecule has 1 fully saturated rings. The number of carbonyl (C=O) groups excluding carboxylic acids is 1. The second-order valence-corrected chi connectivity index (χ2v) is 3.96. The first kappa shape index (κ1) is 10.7. The van der Waals surface area contributed by atoms with Crippen LogP contribution in [0.5, 0.6) is 0 Å². The summed E-state index contributed by atoms with van der Waals surface area (Å²) in [5.41, 5.74) is 0. The predicted octanol–water partition coefficient (Wildman–Crippen LogP) is 0.670. The van der Waals surface area contributed by atoms with Crippen molar-refractivity contribution in [1.29, 1.82) is 0 Å². The second-order valence-electron chi connectivity index (χ2n) is 3.96. The number of aliphatic hydroxyl groups excluding tert-OH is 1. The van der Waals surface area contributed by atoms with Crippen molar-refractivity contribution in [1.82, 2.24) is 4.90 Å². The lowest BCUT2D eigenvalue weighted by atomic mass is 9.95. The summed E-state index contributed by atoms with van der Waals surface area (Å²) >= 11 is 0. The van der Waals surface area contributed by atoms with E-state index >= 15 is 0 Å². The molecule has 1 heterocycles. The number of hydrogen-bond donors (Lipinski definition) is 1. The zero-order valence-corrected chi connectivity index (χ0v) is 8.33. The molecule has 0 aromatic heterocycles. The molecule has 0 bridgehead atoms. The number of ketones is 1. The van der Waals surface area contributed by atoms with Gasteiger partial charge in [0, 0.05) is 13.2 Å². The van der Waals surface area contributed by atoms with E-state index in [2.05, 4.69) is 4.90 Å². The van der Waals surface area contributed by atoms with Gasteiger partial charge in [0.1, 0.15) is 5.78 Å². The lowest BCUT2D eigenvalue weighted by molar-refractivity contribution is -0.118. The van der Waals surface area contributed by atoms with Gasteiger partial charge in [-0.25, -0.2) is 0 Å². The smallest absolute Gasteiger partial charge is 0.143 e. The first-order chi connectivity index (χ1) is 6.22. The Hall–Kier alpha value is -0.410. The second kappa shape index (κ2) is 5.35. The molecule has 1 unspecified atom stereocenters. The zero-order chi connectivity index (χ0) is 9.68. The summed E-state index contributed by atoms with van der Waals surface area (Å²) < 4.78 is 0. The van der Waals surface area contributed by atoms with Gasteiger partial charge < -0.3 is 5.11 Å². The van der Waals surface area contributed by atoms with Crippen LogP contribution in [0.2, 0.25) is 0 Å². The average Bonchev–Trinajstić information content (AvgIpc) is 2.04. The van der Waals surface area contributed by atoms with E-state index in [0.717, 1.165) is 25.9 Å². The Balaban J connectivity index is 2.28. The van der Waals surface area contributed by atoms with Crippen LogP contribution in [0, 0.1) is 5.92 Å². The number of hydrogen-bond acceptors (Lipinski definition) is 3. The molecule has 1 atom stereocenters. The average molecular weight is 185 g/mol. The molecule has 1 aliphatic rings. The molecule has 0 saturated carbocycles. The third-order valence-corrected chi connectivity index (χ3v) is 2.59. The maximum absolute atomic E-state index is 10.9. The minimum atomic E-state index is 0.240.